The van der Waals surface area contributed by atoms with Crippen LogP contribution in [0.4, 0.5) is 0 Å². The maximum atomic E-state index is 12.4. The van der Waals surface area contributed by atoms with Crippen molar-refractivity contribution < 1.29 is 14.3 Å². The average molecular weight is 458 g/mol. The van der Waals surface area contributed by atoms with E-state index >= 15 is 0 Å². The monoisotopic (exact) mass is 456 g/mol. The molecule has 0 aromatic heterocycles. The van der Waals surface area contributed by atoms with Crippen molar-refractivity contribution in [2.24, 2.45) is 23.7 Å². The van der Waals surface area contributed by atoms with Crippen molar-refractivity contribution in [2.45, 2.75) is 44.6 Å². The highest BCUT2D eigenvalue weighted by atomic mass is 79.9. The van der Waals surface area contributed by atoms with Crippen LogP contribution in [-0.4, -0.2) is 18.2 Å². The molecule has 4 aliphatic rings. The normalized spacial score (nSPS) is 36.6. The first kappa shape index (κ1) is 16.9. The molecule has 0 radical (unpaired) electrons. The molecule has 4 fully saturated rings. The quantitative estimate of drug-likeness (QED) is 0.571. The first-order valence-corrected chi connectivity index (χ1v) is 10.3. The van der Waals surface area contributed by atoms with E-state index in [1.54, 1.807) is 0 Å². The van der Waals surface area contributed by atoms with Crippen molar-refractivity contribution in [1.29, 1.82) is 0 Å². The molecule has 4 aliphatic carbocycles. The van der Waals surface area contributed by atoms with Gasteiger partial charge >= 0.3 is 5.97 Å². The SMILES string of the molecule is CC1(OC(=O)COc2ccc(Br)cc2Br)C2CC3CC(C2)CC1C3. The summed E-state index contributed by atoms with van der Waals surface area (Å²) in [7, 11) is 0. The van der Waals surface area contributed by atoms with Crippen LogP contribution in [-0.2, 0) is 9.53 Å². The van der Waals surface area contributed by atoms with E-state index in [9.17, 15) is 4.79 Å². The summed E-state index contributed by atoms with van der Waals surface area (Å²) < 4.78 is 13.4. The second kappa shape index (κ2) is 6.31. The summed E-state index contributed by atoms with van der Waals surface area (Å²) in [6.45, 7) is 2.12. The third kappa shape index (κ3) is 3.03. The van der Waals surface area contributed by atoms with Gasteiger partial charge in [0.25, 0.3) is 0 Å². The average Bonchev–Trinajstić information content (AvgIpc) is 2.51. The number of hydrogen-bond donors (Lipinski definition) is 0. The van der Waals surface area contributed by atoms with Crippen molar-refractivity contribution in [3.8, 4) is 5.75 Å². The number of benzene rings is 1. The highest BCUT2D eigenvalue weighted by Gasteiger charge is 2.57. The number of esters is 1. The molecule has 1 aromatic rings. The molecule has 0 spiro atoms. The Morgan fingerprint density at radius 2 is 1.75 bits per heavy atom. The number of carbonyl (C=O) groups excluding carboxylic acids is 1. The van der Waals surface area contributed by atoms with Crippen molar-refractivity contribution in [2.75, 3.05) is 6.61 Å². The van der Waals surface area contributed by atoms with Crippen LogP contribution >= 0.6 is 31.9 Å². The zero-order valence-electron chi connectivity index (χ0n) is 13.8. The maximum Gasteiger partial charge on any atom is 0.344 e. The highest BCUT2D eigenvalue weighted by molar-refractivity contribution is 9.11. The molecule has 3 nitrogen and oxygen atoms in total. The lowest BCUT2D eigenvalue weighted by molar-refractivity contribution is -0.204. The summed E-state index contributed by atoms with van der Waals surface area (Å²) in [5.41, 5.74) is -0.287. The van der Waals surface area contributed by atoms with Gasteiger partial charge in [-0.25, -0.2) is 4.79 Å². The second-order valence-corrected chi connectivity index (χ2v) is 9.60. The lowest BCUT2D eigenvalue weighted by Crippen LogP contribution is -2.58. The fourth-order valence-electron chi connectivity index (χ4n) is 5.29. The van der Waals surface area contributed by atoms with Crippen LogP contribution in [0.1, 0.15) is 39.0 Å². The van der Waals surface area contributed by atoms with Gasteiger partial charge in [-0.3, -0.25) is 0 Å². The molecular weight excluding hydrogens is 436 g/mol. The minimum Gasteiger partial charge on any atom is -0.481 e. The Kier molecular flexibility index (Phi) is 4.44. The summed E-state index contributed by atoms with van der Waals surface area (Å²) in [5.74, 6) is 3.22. The van der Waals surface area contributed by atoms with Crippen LogP contribution in [0, 0.1) is 23.7 Å². The van der Waals surface area contributed by atoms with Gasteiger partial charge in [-0.05, 0) is 96.8 Å². The number of carbonyl (C=O) groups is 1. The van der Waals surface area contributed by atoms with E-state index in [4.69, 9.17) is 9.47 Å². The van der Waals surface area contributed by atoms with Crippen molar-refractivity contribution in [3.05, 3.63) is 27.1 Å². The smallest absolute Gasteiger partial charge is 0.344 e. The first-order valence-electron chi connectivity index (χ1n) is 8.73. The van der Waals surface area contributed by atoms with Crippen molar-refractivity contribution in [1.82, 2.24) is 0 Å². The third-order valence-electron chi connectivity index (χ3n) is 6.33. The van der Waals surface area contributed by atoms with Crippen molar-refractivity contribution >= 4 is 37.8 Å². The van der Waals surface area contributed by atoms with Gasteiger partial charge in [-0.15, -0.1) is 0 Å². The molecule has 24 heavy (non-hydrogen) atoms. The Bertz CT molecular complexity index is 630. The summed E-state index contributed by atoms with van der Waals surface area (Å²) in [5, 5.41) is 0. The zero-order valence-corrected chi connectivity index (χ0v) is 16.9. The largest absolute Gasteiger partial charge is 0.481 e. The third-order valence-corrected chi connectivity index (χ3v) is 7.45. The van der Waals surface area contributed by atoms with E-state index in [2.05, 4.69) is 38.8 Å². The summed E-state index contributed by atoms with van der Waals surface area (Å²) in [6, 6.07) is 5.64. The van der Waals surface area contributed by atoms with E-state index < -0.39 is 0 Å². The Labute approximate surface area is 159 Å². The Balaban J connectivity index is 1.39. The molecule has 0 aliphatic heterocycles. The molecule has 0 unspecified atom stereocenters. The van der Waals surface area contributed by atoms with E-state index in [0.717, 1.165) is 20.8 Å². The molecule has 130 valence electrons. The van der Waals surface area contributed by atoms with Crippen LogP contribution < -0.4 is 4.74 Å². The van der Waals surface area contributed by atoms with Crippen LogP contribution in [0.25, 0.3) is 0 Å². The van der Waals surface area contributed by atoms with Crippen LogP contribution in [0.5, 0.6) is 5.75 Å². The first-order chi connectivity index (χ1) is 11.4. The minimum absolute atomic E-state index is 0.0396. The van der Waals surface area contributed by atoms with Gasteiger partial charge in [-0.1, -0.05) is 15.9 Å². The molecule has 0 amide bonds. The van der Waals surface area contributed by atoms with Crippen LogP contribution in [0.2, 0.25) is 0 Å². The lowest BCUT2D eigenvalue weighted by Gasteiger charge is -2.59. The van der Waals surface area contributed by atoms with Gasteiger partial charge < -0.3 is 9.47 Å². The molecule has 5 rings (SSSR count). The fourth-order valence-corrected chi connectivity index (χ4v) is 6.45. The van der Waals surface area contributed by atoms with E-state index in [0.29, 0.717) is 17.6 Å². The minimum atomic E-state index is -0.287. The van der Waals surface area contributed by atoms with E-state index in [-0.39, 0.29) is 18.2 Å². The number of hydrogen-bond acceptors (Lipinski definition) is 3. The van der Waals surface area contributed by atoms with Gasteiger partial charge in [0.05, 0.1) is 4.47 Å². The molecule has 0 N–H and O–H groups in total. The van der Waals surface area contributed by atoms with E-state index in [1.165, 1.54) is 32.1 Å². The molecule has 0 heterocycles. The highest BCUT2D eigenvalue weighted by Crippen LogP contribution is 2.59. The predicted molar refractivity (Wildman–Crippen MR) is 98.9 cm³/mol. The molecule has 0 saturated heterocycles. The summed E-state index contributed by atoms with van der Waals surface area (Å²) in [4.78, 5) is 12.4. The van der Waals surface area contributed by atoms with Gasteiger partial charge in [-0.2, -0.15) is 0 Å². The Hall–Kier alpha value is -0.550. The number of ether oxygens (including phenoxy) is 2. The van der Waals surface area contributed by atoms with Gasteiger partial charge in [0.2, 0.25) is 0 Å². The lowest BCUT2D eigenvalue weighted by atomic mass is 9.50. The molecule has 0 atom stereocenters. The Morgan fingerprint density at radius 1 is 1.12 bits per heavy atom. The maximum absolute atomic E-state index is 12.4. The van der Waals surface area contributed by atoms with Gasteiger partial charge in [0, 0.05) is 4.47 Å². The zero-order chi connectivity index (χ0) is 16.9. The van der Waals surface area contributed by atoms with Gasteiger partial charge in [0.1, 0.15) is 11.4 Å². The Morgan fingerprint density at radius 3 is 2.33 bits per heavy atom. The molecule has 4 bridgehead atoms. The predicted octanol–water partition coefficient (Wildman–Crippen LogP) is 5.35. The molecule has 5 heteroatoms. The van der Waals surface area contributed by atoms with Crippen molar-refractivity contribution in [3.63, 3.8) is 0 Å². The summed E-state index contributed by atoms with van der Waals surface area (Å²) in [6.07, 6.45) is 6.33. The van der Waals surface area contributed by atoms with Crippen LogP contribution in [0.15, 0.2) is 27.1 Å². The topological polar surface area (TPSA) is 35.5 Å². The molecule has 1 aromatic carbocycles. The van der Waals surface area contributed by atoms with Gasteiger partial charge in [0.15, 0.2) is 6.61 Å². The second-order valence-electron chi connectivity index (χ2n) is 7.83. The fraction of sp³-hybridized carbons (Fsp3) is 0.632. The van der Waals surface area contributed by atoms with Crippen LogP contribution in [0.3, 0.4) is 0 Å². The number of rotatable bonds is 4. The summed E-state index contributed by atoms with van der Waals surface area (Å²) >= 11 is 6.86. The molecular formula is C19H22Br2O3. The standard InChI is InChI=1S/C19H22Br2O3/c1-19(13-5-11-4-12(7-13)8-14(19)6-11)24-18(22)10-23-17-3-2-15(20)9-16(17)21/h2-3,9,11-14H,4-8,10H2,1H3. The van der Waals surface area contributed by atoms with E-state index in [1.807, 2.05) is 18.2 Å². The molecule has 4 saturated carbocycles. The number of halogens is 2.